The van der Waals surface area contributed by atoms with E-state index in [9.17, 15) is 4.79 Å². The third-order valence-corrected chi connectivity index (χ3v) is 2.76. The van der Waals surface area contributed by atoms with Crippen LogP contribution >= 0.6 is 12.4 Å². The van der Waals surface area contributed by atoms with Crippen molar-refractivity contribution in [2.45, 2.75) is 32.1 Å². The third kappa shape index (κ3) is 10.5. The van der Waals surface area contributed by atoms with Crippen LogP contribution < -0.4 is 10.6 Å². The molecule has 4 nitrogen and oxygen atoms in total. The first kappa shape index (κ1) is 16.7. The fraction of sp³-hybridized carbons (Fsp3) is 0.917. The van der Waals surface area contributed by atoms with Crippen LogP contribution in [0, 0.1) is 5.92 Å². The highest BCUT2D eigenvalue weighted by molar-refractivity contribution is 5.85. The van der Waals surface area contributed by atoms with Gasteiger partial charge in [-0.25, -0.2) is 0 Å². The molecule has 0 aromatic carbocycles. The third-order valence-electron chi connectivity index (χ3n) is 2.76. The molecule has 2 N–H and O–H groups in total. The second kappa shape index (κ2) is 10.8. The fourth-order valence-corrected chi connectivity index (χ4v) is 1.55. The van der Waals surface area contributed by atoms with E-state index in [0.29, 0.717) is 6.54 Å². The van der Waals surface area contributed by atoms with Crippen LogP contribution in [0.5, 0.6) is 0 Å². The second-order valence-electron chi connectivity index (χ2n) is 4.48. The zero-order chi connectivity index (χ0) is 11.6. The number of carbonyl (C=O) groups excluding carboxylic acids is 1. The number of rotatable bonds is 10. The monoisotopic (exact) mass is 264 g/mol. The molecule has 17 heavy (non-hydrogen) atoms. The van der Waals surface area contributed by atoms with Crippen molar-refractivity contribution in [2.75, 3.05) is 33.4 Å². The molecule has 0 atom stereocenters. The van der Waals surface area contributed by atoms with Gasteiger partial charge < -0.3 is 15.4 Å². The minimum atomic E-state index is 0. The molecule has 0 heterocycles. The quantitative estimate of drug-likeness (QED) is 0.586. The molecule has 0 unspecified atom stereocenters. The number of hydrogen-bond donors (Lipinski definition) is 2. The van der Waals surface area contributed by atoms with Crippen LogP contribution in [0.15, 0.2) is 0 Å². The Bertz CT molecular complexity index is 199. The lowest BCUT2D eigenvalue weighted by atomic mass is 10.2. The topological polar surface area (TPSA) is 50.4 Å². The summed E-state index contributed by atoms with van der Waals surface area (Å²) in [6, 6.07) is 0. The van der Waals surface area contributed by atoms with Crippen molar-refractivity contribution < 1.29 is 9.53 Å². The average Bonchev–Trinajstić information content (AvgIpc) is 3.07. The summed E-state index contributed by atoms with van der Waals surface area (Å²) in [5.74, 6) is 0.953. The number of hydrogen-bond acceptors (Lipinski definition) is 3. The van der Waals surface area contributed by atoms with Gasteiger partial charge in [-0.1, -0.05) is 0 Å². The molecule has 1 aliphatic rings. The highest BCUT2D eigenvalue weighted by atomic mass is 35.5. The van der Waals surface area contributed by atoms with Crippen molar-refractivity contribution in [3.63, 3.8) is 0 Å². The smallest absolute Gasteiger partial charge is 0.233 e. The van der Waals surface area contributed by atoms with E-state index in [-0.39, 0.29) is 18.3 Å². The van der Waals surface area contributed by atoms with Crippen LogP contribution in [-0.2, 0) is 9.53 Å². The molecule has 5 heteroatoms. The molecule has 1 saturated carbocycles. The Morgan fingerprint density at radius 3 is 2.71 bits per heavy atom. The number of carbonyl (C=O) groups is 1. The molecule has 0 bridgehead atoms. The number of amides is 1. The van der Waals surface area contributed by atoms with Crippen LogP contribution in [0.2, 0.25) is 0 Å². The zero-order valence-corrected chi connectivity index (χ0v) is 11.5. The Kier molecular flexibility index (Phi) is 10.6. The van der Waals surface area contributed by atoms with Gasteiger partial charge in [-0.2, -0.15) is 0 Å². The predicted octanol–water partition coefficient (Wildman–Crippen LogP) is 1.34. The first-order valence-corrected chi connectivity index (χ1v) is 6.29. The maximum Gasteiger partial charge on any atom is 0.233 e. The van der Waals surface area contributed by atoms with Crippen molar-refractivity contribution in [1.82, 2.24) is 10.6 Å². The fourth-order valence-electron chi connectivity index (χ4n) is 1.55. The van der Waals surface area contributed by atoms with E-state index >= 15 is 0 Å². The Hall–Kier alpha value is -0.320. The van der Waals surface area contributed by atoms with Crippen LogP contribution in [-0.4, -0.2) is 39.3 Å². The van der Waals surface area contributed by atoms with Gasteiger partial charge in [0.15, 0.2) is 0 Å². The Morgan fingerprint density at radius 1 is 1.29 bits per heavy atom. The first-order valence-electron chi connectivity index (χ1n) is 6.29. The number of halogens is 1. The van der Waals surface area contributed by atoms with E-state index in [1.54, 1.807) is 7.11 Å². The minimum absolute atomic E-state index is 0. The minimum Gasteiger partial charge on any atom is -0.385 e. The van der Waals surface area contributed by atoms with E-state index < -0.39 is 0 Å². The summed E-state index contributed by atoms with van der Waals surface area (Å²) in [5, 5.41) is 6.09. The maximum absolute atomic E-state index is 11.3. The lowest BCUT2D eigenvalue weighted by Gasteiger charge is -2.06. The summed E-state index contributed by atoms with van der Waals surface area (Å²) in [6.45, 7) is 3.07. The van der Waals surface area contributed by atoms with E-state index in [4.69, 9.17) is 4.74 Å². The lowest BCUT2D eigenvalue weighted by Crippen LogP contribution is -2.35. The number of ether oxygens (including phenoxy) is 1. The van der Waals surface area contributed by atoms with Crippen molar-refractivity contribution in [2.24, 2.45) is 5.92 Å². The van der Waals surface area contributed by atoms with Gasteiger partial charge in [0.2, 0.25) is 5.91 Å². The van der Waals surface area contributed by atoms with Crippen molar-refractivity contribution in [3.8, 4) is 0 Å². The average molecular weight is 265 g/mol. The van der Waals surface area contributed by atoms with Gasteiger partial charge in [-0.05, 0) is 44.6 Å². The second-order valence-corrected chi connectivity index (χ2v) is 4.48. The highest BCUT2D eigenvalue weighted by Gasteiger charge is 2.20. The summed E-state index contributed by atoms with van der Waals surface area (Å²) in [4.78, 5) is 11.3. The Morgan fingerprint density at radius 2 is 2.06 bits per heavy atom. The van der Waals surface area contributed by atoms with Crippen LogP contribution in [0.3, 0.4) is 0 Å². The standard InChI is InChI=1S/C12H24N2O2.ClH/c1-16-8-4-2-3-7-14-12(15)10-13-9-11-5-6-11;/h11,13H,2-10H2,1H3,(H,14,15);1H. The molecule has 1 fully saturated rings. The van der Waals surface area contributed by atoms with Gasteiger partial charge >= 0.3 is 0 Å². The van der Waals surface area contributed by atoms with Gasteiger partial charge in [-0.15, -0.1) is 12.4 Å². The van der Waals surface area contributed by atoms with Crippen LogP contribution in [0.4, 0.5) is 0 Å². The van der Waals surface area contributed by atoms with E-state index in [1.165, 1.54) is 12.8 Å². The molecule has 1 amide bonds. The van der Waals surface area contributed by atoms with Crippen LogP contribution in [0.25, 0.3) is 0 Å². The van der Waals surface area contributed by atoms with Gasteiger partial charge in [0.25, 0.3) is 0 Å². The molecular formula is C12H25ClN2O2. The normalized spacial score (nSPS) is 14.2. The maximum atomic E-state index is 11.3. The van der Waals surface area contributed by atoms with E-state index in [1.807, 2.05) is 0 Å². The Balaban J connectivity index is 0.00000256. The molecule has 0 aromatic heterocycles. The van der Waals surface area contributed by atoms with Crippen molar-refractivity contribution >= 4 is 18.3 Å². The number of nitrogens with one attached hydrogen (secondary N) is 2. The predicted molar refractivity (Wildman–Crippen MR) is 71.6 cm³/mol. The van der Waals surface area contributed by atoms with Gasteiger partial charge in [0, 0.05) is 20.3 Å². The molecule has 0 spiro atoms. The molecule has 0 saturated heterocycles. The zero-order valence-electron chi connectivity index (χ0n) is 10.7. The molecule has 1 rings (SSSR count). The van der Waals surface area contributed by atoms with Gasteiger partial charge in [0.1, 0.15) is 0 Å². The summed E-state index contributed by atoms with van der Waals surface area (Å²) in [5.41, 5.74) is 0. The SMILES string of the molecule is COCCCCCNC(=O)CNCC1CC1.Cl. The molecule has 0 aliphatic heterocycles. The summed E-state index contributed by atoms with van der Waals surface area (Å²) in [6.07, 6.45) is 5.88. The number of methoxy groups -OCH3 is 1. The van der Waals surface area contributed by atoms with Crippen molar-refractivity contribution in [1.29, 1.82) is 0 Å². The largest absolute Gasteiger partial charge is 0.385 e. The molecule has 102 valence electrons. The molecule has 0 radical (unpaired) electrons. The van der Waals surface area contributed by atoms with E-state index in [2.05, 4.69) is 10.6 Å². The Labute approximate surface area is 110 Å². The van der Waals surface area contributed by atoms with Crippen molar-refractivity contribution in [3.05, 3.63) is 0 Å². The molecule has 1 aliphatic carbocycles. The van der Waals surface area contributed by atoms with Crippen LogP contribution in [0.1, 0.15) is 32.1 Å². The summed E-state index contributed by atoms with van der Waals surface area (Å²) in [7, 11) is 1.72. The first-order chi connectivity index (χ1) is 7.83. The molecular weight excluding hydrogens is 240 g/mol. The van der Waals surface area contributed by atoms with E-state index in [0.717, 1.165) is 44.9 Å². The molecule has 0 aromatic rings. The lowest BCUT2D eigenvalue weighted by molar-refractivity contribution is -0.120. The highest BCUT2D eigenvalue weighted by Crippen LogP contribution is 2.27. The number of unbranched alkanes of at least 4 members (excludes halogenated alkanes) is 2. The summed E-state index contributed by atoms with van der Waals surface area (Å²) >= 11 is 0. The summed E-state index contributed by atoms with van der Waals surface area (Å²) < 4.78 is 4.95. The van der Waals surface area contributed by atoms with Gasteiger partial charge in [-0.3, -0.25) is 4.79 Å². The van der Waals surface area contributed by atoms with Gasteiger partial charge in [0.05, 0.1) is 6.54 Å².